The van der Waals surface area contributed by atoms with Crippen LogP contribution in [0.2, 0.25) is 0 Å². The summed E-state index contributed by atoms with van der Waals surface area (Å²) in [4.78, 5) is 4.54. The molecule has 0 radical (unpaired) electrons. The molecular formula is C15H13NS. The molecule has 0 bridgehead atoms. The summed E-state index contributed by atoms with van der Waals surface area (Å²) in [6.07, 6.45) is 0. The zero-order valence-electron chi connectivity index (χ0n) is 9.90. The Hall–Kier alpha value is -1.67. The van der Waals surface area contributed by atoms with Crippen LogP contribution >= 0.6 is 11.3 Å². The van der Waals surface area contributed by atoms with Gasteiger partial charge in [0.15, 0.2) is 0 Å². The van der Waals surface area contributed by atoms with E-state index in [1.165, 1.54) is 21.4 Å². The molecule has 0 aliphatic heterocycles. The summed E-state index contributed by atoms with van der Waals surface area (Å²) in [5, 5.41) is 1.13. The number of thiazole rings is 1. The lowest BCUT2D eigenvalue weighted by atomic mass is 10.0. The van der Waals surface area contributed by atoms with Crippen LogP contribution in [0.15, 0.2) is 42.5 Å². The molecule has 0 aliphatic carbocycles. The van der Waals surface area contributed by atoms with Crippen LogP contribution in [0.25, 0.3) is 21.3 Å². The average molecular weight is 239 g/mol. The first-order chi connectivity index (χ1) is 8.22. The molecule has 1 nitrogen and oxygen atoms in total. The van der Waals surface area contributed by atoms with Crippen LogP contribution in [0.3, 0.4) is 0 Å². The van der Waals surface area contributed by atoms with E-state index in [0.29, 0.717) is 0 Å². The van der Waals surface area contributed by atoms with Gasteiger partial charge in [0.05, 0.1) is 15.2 Å². The van der Waals surface area contributed by atoms with Crippen molar-refractivity contribution >= 4 is 21.6 Å². The third kappa shape index (κ3) is 1.96. The topological polar surface area (TPSA) is 12.9 Å². The van der Waals surface area contributed by atoms with E-state index in [2.05, 4.69) is 61.3 Å². The van der Waals surface area contributed by atoms with Crippen LogP contribution in [-0.4, -0.2) is 4.98 Å². The average Bonchev–Trinajstić information content (AvgIpc) is 2.69. The number of rotatable bonds is 1. The van der Waals surface area contributed by atoms with Crippen molar-refractivity contribution in [2.75, 3.05) is 0 Å². The van der Waals surface area contributed by atoms with Gasteiger partial charge >= 0.3 is 0 Å². The quantitative estimate of drug-likeness (QED) is 0.605. The molecule has 0 aliphatic rings. The lowest BCUT2D eigenvalue weighted by molar-refractivity contribution is 1.35. The largest absolute Gasteiger partial charge is 0.241 e. The van der Waals surface area contributed by atoms with Gasteiger partial charge in [0.25, 0.3) is 0 Å². The Labute approximate surface area is 105 Å². The Morgan fingerprint density at radius 2 is 1.59 bits per heavy atom. The number of hydrogen-bond acceptors (Lipinski definition) is 2. The van der Waals surface area contributed by atoms with Gasteiger partial charge < -0.3 is 0 Å². The Kier molecular flexibility index (Phi) is 2.45. The second-order valence-corrected chi connectivity index (χ2v) is 5.52. The Bertz CT molecular complexity index is 665. The van der Waals surface area contributed by atoms with Crippen LogP contribution < -0.4 is 0 Å². The summed E-state index contributed by atoms with van der Waals surface area (Å²) in [7, 11) is 0. The highest BCUT2D eigenvalue weighted by Gasteiger charge is 2.03. The van der Waals surface area contributed by atoms with Crippen molar-refractivity contribution in [1.29, 1.82) is 0 Å². The SMILES string of the molecule is Cc1ccc(-c2ccc3sc(C)nc3c2)cc1. The van der Waals surface area contributed by atoms with Gasteiger partial charge in [-0.15, -0.1) is 11.3 Å². The van der Waals surface area contributed by atoms with Crippen molar-refractivity contribution in [3.05, 3.63) is 53.0 Å². The van der Waals surface area contributed by atoms with Gasteiger partial charge in [0.1, 0.15) is 0 Å². The molecule has 0 atom stereocenters. The maximum absolute atomic E-state index is 4.54. The van der Waals surface area contributed by atoms with Crippen LogP contribution in [-0.2, 0) is 0 Å². The van der Waals surface area contributed by atoms with E-state index < -0.39 is 0 Å². The van der Waals surface area contributed by atoms with E-state index in [1.54, 1.807) is 11.3 Å². The number of benzene rings is 2. The molecule has 0 amide bonds. The maximum atomic E-state index is 4.54. The first kappa shape index (κ1) is 10.5. The minimum absolute atomic E-state index is 1.10. The lowest BCUT2D eigenvalue weighted by Gasteiger charge is -2.01. The zero-order chi connectivity index (χ0) is 11.8. The summed E-state index contributed by atoms with van der Waals surface area (Å²) < 4.78 is 1.26. The molecule has 84 valence electrons. The first-order valence-corrected chi connectivity index (χ1v) is 6.48. The highest BCUT2D eigenvalue weighted by molar-refractivity contribution is 7.18. The molecule has 3 rings (SSSR count). The molecule has 0 fully saturated rings. The molecule has 1 heterocycles. The van der Waals surface area contributed by atoms with E-state index in [1.807, 2.05) is 0 Å². The van der Waals surface area contributed by atoms with Crippen molar-refractivity contribution in [3.63, 3.8) is 0 Å². The van der Waals surface area contributed by atoms with Gasteiger partial charge in [-0.2, -0.15) is 0 Å². The fourth-order valence-corrected chi connectivity index (χ4v) is 2.78. The fourth-order valence-electron chi connectivity index (χ4n) is 1.97. The molecule has 0 N–H and O–H groups in total. The van der Waals surface area contributed by atoms with Crippen LogP contribution in [0.1, 0.15) is 10.6 Å². The van der Waals surface area contributed by atoms with Gasteiger partial charge in [-0.3, -0.25) is 0 Å². The minimum atomic E-state index is 1.10. The number of nitrogens with zero attached hydrogens (tertiary/aromatic N) is 1. The number of aromatic nitrogens is 1. The van der Waals surface area contributed by atoms with Gasteiger partial charge in [0.2, 0.25) is 0 Å². The Balaban J connectivity index is 2.13. The maximum Gasteiger partial charge on any atom is 0.0907 e. The summed E-state index contributed by atoms with van der Waals surface area (Å²) in [6, 6.07) is 15.1. The summed E-state index contributed by atoms with van der Waals surface area (Å²) in [6.45, 7) is 4.16. The highest BCUT2D eigenvalue weighted by atomic mass is 32.1. The molecule has 2 aromatic carbocycles. The van der Waals surface area contributed by atoms with Gasteiger partial charge in [0, 0.05) is 0 Å². The summed E-state index contributed by atoms with van der Waals surface area (Å²) in [5.41, 5.74) is 4.89. The van der Waals surface area contributed by atoms with E-state index in [-0.39, 0.29) is 0 Å². The monoisotopic (exact) mass is 239 g/mol. The van der Waals surface area contributed by atoms with E-state index in [9.17, 15) is 0 Å². The molecule has 3 aromatic rings. The normalized spacial score (nSPS) is 10.9. The van der Waals surface area contributed by atoms with Crippen molar-refractivity contribution in [2.45, 2.75) is 13.8 Å². The van der Waals surface area contributed by atoms with Crippen LogP contribution in [0.5, 0.6) is 0 Å². The third-order valence-corrected chi connectivity index (χ3v) is 3.83. The molecule has 1 aromatic heterocycles. The van der Waals surface area contributed by atoms with Crippen molar-refractivity contribution in [1.82, 2.24) is 4.98 Å². The van der Waals surface area contributed by atoms with Crippen molar-refractivity contribution < 1.29 is 0 Å². The molecular weight excluding hydrogens is 226 g/mol. The summed E-state index contributed by atoms with van der Waals surface area (Å²) in [5.74, 6) is 0. The van der Waals surface area contributed by atoms with Crippen molar-refractivity contribution in [3.8, 4) is 11.1 Å². The standard InChI is InChI=1S/C15H13NS/c1-10-3-5-12(6-4-10)13-7-8-15-14(9-13)16-11(2)17-15/h3-9H,1-2H3. The summed E-state index contributed by atoms with van der Waals surface area (Å²) >= 11 is 1.75. The first-order valence-electron chi connectivity index (χ1n) is 5.66. The minimum Gasteiger partial charge on any atom is -0.241 e. The molecule has 0 unspecified atom stereocenters. The fraction of sp³-hybridized carbons (Fsp3) is 0.133. The number of aryl methyl sites for hydroxylation is 2. The molecule has 0 saturated carbocycles. The van der Waals surface area contributed by atoms with E-state index >= 15 is 0 Å². The van der Waals surface area contributed by atoms with Gasteiger partial charge in [-0.05, 0) is 37.1 Å². The third-order valence-electron chi connectivity index (χ3n) is 2.88. The number of fused-ring (bicyclic) bond motifs is 1. The van der Waals surface area contributed by atoms with Crippen molar-refractivity contribution in [2.24, 2.45) is 0 Å². The molecule has 0 spiro atoms. The Morgan fingerprint density at radius 1 is 0.882 bits per heavy atom. The molecule has 0 saturated heterocycles. The van der Waals surface area contributed by atoms with Crippen LogP contribution in [0.4, 0.5) is 0 Å². The van der Waals surface area contributed by atoms with E-state index in [4.69, 9.17) is 0 Å². The van der Waals surface area contributed by atoms with Gasteiger partial charge in [-0.25, -0.2) is 4.98 Å². The smallest absolute Gasteiger partial charge is 0.0907 e. The second-order valence-electron chi connectivity index (χ2n) is 4.28. The van der Waals surface area contributed by atoms with Crippen LogP contribution in [0, 0.1) is 13.8 Å². The van der Waals surface area contributed by atoms with Gasteiger partial charge in [-0.1, -0.05) is 35.9 Å². The molecule has 17 heavy (non-hydrogen) atoms. The number of hydrogen-bond donors (Lipinski definition) is 0. The zero-order valence-corrected chi connectivity index (χ0v) is 10.7. The predicted octanol–water partition coefficient (Wildman–Crippen LogP) is 4.58. The predicted molar refractivity (Wildman–Crippen MR) is 74.5 cm³/mol. The second kappa shape index (κ2) is 3.97. The Morgan fingerprint density at radius 3 is 2.35 bits per heavy atom. The highest BCUT2D eigenvalue weighted by Crippen LogP contribution is 2.27. The van der Waals surface area contributed by atoms with E-state index in [0.717, 1.165) is 10.5 Å². The lowest BCUT2D eigenvalue weighted by Crippen LogP contribution is -1.78. The molecule has 2 heteroatoms.